The number of ether oxygens (including phenoxy) is 2. The van der Waals surface area contributed by atoms with Gasteiger partial charge in [-0.1, -0.05) is 86.6 Å². The quantitative estimate of drug-likeness (QED) is 0.278. The molecule has 1 unspecified atom stereocenters. The Kier molecular flexibility index (Phi) is 11.6. The van der Waals surface area contributed by atoms with Crippen molar-refractivity contribution in [3.63, 3.8) is 0 Å². The van der Waals surface area contributed by atoms with Gasteiger partial charge in [0.15, 0.2) is 6.10 Å². The Morgan fingerprint density at radius 2 is 1.49 bits per heavy atom. The molecule has 4 rings (SSSR count). The number of aliphatic hydroxyl groups is 1. The molecule has 1 N–H and O–H groups in total. The summed E-state index contributed by atoms with van der Waals surface area (Å²) in [6.07, 6.45) is -0.770. The van der Waals surface area contributed by atoms with Crippen molar-refractivity contribution >= 4 is 29.4 Å². The van der Waals surface area contributed by atoms with Crippen LogP contribution in [0.1, 0.15) is 58.2 Å². The second-order valence-electron chi connectivity index (χ2n) is 12.1. The van der Waals surface area contributed by atoms with Crippen LogP contribution in [0.4, 0.5) is 0 Å². The Morgan fingerprint density at radius 1 is 0.872 bits per heavy atom. The molecule has 0 spiro atoms. The number of nitrogens with zero attached hydrogens (tertiary/aromatic N) is 3. The van der Waals surface area contributed by atoms with Crippen LogP contribution < -0.4 is 4.74 Å². The minimum atomic E-state index is -1.81. The molecular formula is C37H43N3O7. The first-order chi connectivity index (χ1) is 22.4. The molecule has 3 aromatic carbocycles. The number of hydrogen-bond acceptors (Lipinski definition) is 7. The summed E-state index contributed by atoms with van der Waals surface area (Å²) >= 11 is 0. The maximum atomic E-state index is 14.6. The van der Waals surface area contributed by atoms with Crippen LogP contribution in [0, 0.1) is 5.92 Å². The third-order valence-electron chi connectivity index (χ3n) is 7.72. The molecule has 248 valence electrons. The molecule has 47 heavy (non-hydrogen) atoms. The minimum absolute atomic E-state index is 0.0227. The SMILES string of the molecule is CC(=O)N1C=C(c2cccc(OCc3ccccc3)c2)N(N(C(C)=O)[C@@H](Cc2ccccc2)C(O)C(=O)OC(C)C)C(=O)[C@H]1C(C)C. The van der Waals surface area contributed by atoms with Crippen molar-refractivity contribution in [1.29, 1.82) is 0 Å². The van der Waals surface area contributed by atoms with Gasteiger partial charge in [0.05, 0.1) is 17.8 Å². The van der Waals surface area contributed by atoms with Crippen molar-refractivity contribution in [2.45, 2.75) is 78.9 Å². The van der Waals surface area contributed by atoms with Crippen molar-refractivity contribution in [3.8, 4) is 5.75 Å². The zero-order valence-corrected chi connectivity index (χ0v) is 27.7. The van der Waals surface area contributed by atoms with Gasteiger partial charge in [-0.2, -0.15) is 0 Å². The lowest BCUT2D eigenvalue weighted by Gasteiger charge is -2.47. The molecule has 0 bridgehead atoms. The second-order valence-corrected chi connectivity index (χ2v) is 12.1. The number of aliphatic hydroxyl groups excluding tert-OH is 1. The topological polar surface area (TPSA) is 117 Å². The van der Waals surface area contributed by atoms with Gasteiger partial charge in [0.2, 0.25) is 11.8 Å². The summed E-state index contributed by atoms with van der Waals surface area (Å²) in [7, 11) is 0. The Balaban J connectivity index is 1.87. The number of carbonyl (C=O) groups excluding carboxylic acids is 4. The van der Waals surface area contributed by atoms with E-state index in [-0.39, 0.29) is 23.9 Å². The van der Waals surface area contributed by atoms with Crippen LogP contribution in [-0.4, -0.2) is 68.0 Å². The highest BCUT2D eigenvalue weighted by molar-refractivity contribution is 5.98. The average Bonchev–Trinajstić information content (AvgIpc) is 3.03. The van der Waals surface area contributed by atoms with Gasteiger partial charge in [-0.3, -0.25) is 14.4 Å². The predicted octanol–water partition coefficient (Wildman–Crippen LogP) is 4.97. The Morgan fingerprint density at radius 3 is 2.04 bits per heavy atom. The van der Waals surface area contributed by atoms with Crippen molar-refractivity contribution in [2.75, 3.05) is 0 Å². The maximum Gasteiger partial charge on any atom is 0.337 e. The van der Waals surface area contributed by atoms with Crippen LogP contribution in [-0.2, 0) is 36.9 Å². The number of hydrazine groups is 1. The fourth-order valence-electron chi connectivity index (χ4n) is 5.60. The lowest BCUT2D eigenvalue weighted by molar-refractivity contribution is -0.178. The summed E-state index contributed by atoms with van der Waals surface area (Å²) in [5, 5.41) is 13.8. The van der Waals surface area contributed by atoms with Crippen LogP contribution in [0.3, 0.4) is 0 Å². The highest BCUT2D eigenvalue weighted by Crippen LogP contribution is 2.35. The molecule has 1 heterocycles. The van der Waals surface area contributed by atoms with Crippen molar-refractivity contribution in [3.05, 3.63) is 108 Å². The zero-order chi connectivity index (χ0) is 34.2. The lowest BCUT2D eigenvalue weighted by atomic mass is 9.96. The molecule has 3 amide bonds. The molecule has 0 aromatic heterocycles. The van der Waals surface area contributed by atoms with E-state index in [0.717, 1.165) is 16.1 Å². The standard InChI is InChI=1S/C37H43N3O7/c1-24(2)34-36(44)40(39(27(6)42)32(20-28-14-9-7-10-15-28)35(43)37(45)47-25(3)4)33(22-38(34)26(5)41)30-18-13-19-31(21-30)46-23-29-16-11-8-12-17-29/h7-19,21-22,24-25,32,34-35,43H,20,23H2,1-6H3/t32-,34+,35?/m0/s1. The van der Waals surface area contributed by atoms with E-state index in [2.05, 4.69) is 0 Å². The number of esters is 1. The summed E-state index contributed by atoms with van der Waals surface area (Å²) in [5.74, 6) is -2.30. The fraction of sp³-hybridized carbons (Fsp3) is 0.351. The number of amides is 3. The van der Waals surface area contributed by atoms with Crippen molar-refractivity contribution < 1.29 is 33.8 Å². The molecule has 1 aliphatic rings. The van der Waals surface area contributed by atoms with E-state index >= 15 is 0 Å². The van der Waals surface area contributed by atoms with Gasteiger partial charge in [-0.05, 0) is 49.4 Å². The van der Waals surface area contributed by atoms with E-state index in [1.54, 1.807) is 56.4 Å². The van der Waals surface area contributed by atoms with Crippen LogP contribution in [0.15, 0.2) is 91.1 Å². The van der Waals surface area contributed by atoms with Gasteiger partial charge < -0.3 is 19.5 Å². The monoisotopic (exact) mass is 641 g/mol. The summed E-state index contributed by atoms with van der Waals surface area (Å²) in [6.45, 7) is 9.87. The van der Waals surface area contributed by atoms with E-state index in [0.29, 0.717) is 17.9 Å². The first-order valence-corrected chi connectivity index (χ1v) is 15.7. The van der Waals surface area contributed by atoms with Crippen LogP contribution in [0.5, 0.6) is 5.75 Å². The summed E-state index contributed by atoms with van der Waals surface area (Å²) in [5.41, 5.74) is 2.35. The summed E-state index contributed by atoms with van der Waals surface area (Å²) in [4.78, 5) is 55.8. The van der Waals surface area contributed by atoms with Crippen LogP contribution >= 0.6 is 0 Å². The minimum Gasteiger partial charge on any atom is -0.489 e. The molecule has 3 aromatic rings. The lowest BCUT2D eigenvalue weighted by Crippen LogP contribution is -2.64. The molecule has 3 atom stereocenters. The molecule has 0 fully saturated rings. The normalized spacial score (nSPS) is 16.1. The van der Waals surface area contributed by atoms with Gasteiger partial charge in [-0.15, -0.1) is 0 Å². The molecule has 10 nitrogen and oxygen atoms in total. The van der Waals surface area contributed by atoms with Crippen molar-refractivity contribution in [1.82, 2.24) is 14.9 Å². The molecule has 1 aliphatic heterocycles. The Bertz CT molecular complexity index is 1590. The number of rotatable bonds is 12. The second kappa shape index (κ2) is 15.6. The Hall–Kier alpha value is -4.96. The van der Waals surface area contributed by atoms with Gasteiger partial charge in [0.25, 0.3) is 5.91 Å². The molecule has 0 aliphatic carbocycles. The van der Waals surface area contributed by atoms with Gasteiger partial charge in [0.1, 0.15) is 18.4 Å². The van der Waals surface area contributed by atoms with Crippen molar-refractivity contribution in [2.24, 2.45) is 5.92 Å². The highest BCUT2D eigenvalue weighted by atomic mass is 16.6. The van der Waals surface area contributed by atoms with Gasteiger partial charge in [0, 0.05) is 25.6 Å². The first-order valence-electron chi connectivity index (χ1n) is 15.7. The number of carbonyl (C=O) groups is 4. The molecule has 10 heteroatoms. The number of hydrogen-bond donors (Lipinski definition) is 1. The largest absolute Gasteiger partial charge is 0.489 e. The molecule has 0 radical (unpaired) electrons. The Labute approximate surface area is 276 Å². The third kappa shape index (κ3) is 8.45. The fourth-order valence-corrected chi connectivity index (χ4v) is 5.60. The predicted molar refractivity (Wildman–Crippen MR) is 177 cm³/mol. The smallest absolute Gasteiger partial charge is 0.337 e. The highest BCUT2D eigenvalue weighted by Gasteiger charge is 2.47. The van der Waals surface area contributed by atoms with Gasteiger partial charge in [-0.25, -0.2) is 14.8 Å². The van der Waals surface area contributed by atoms with E-state index in [1.165, 1.54) is 23.8 Å². The third-order valence-corrected chi connectivity index (χ3v) is 7.72. The van der Waals surface area contributed by atoms with E-state index in [4.69, 9.17) is 9.47 Å². The summed E-state index contributed by atoms with van der Waals surface area (Å²) in [6, 6.07) is 23.5. The first kappa shape index (κ1) is 34.9. The van der Waals surface area contributed by atoms with E-state index in [1.807, 2.05) is 62.4 Å². The van der Waals surface area contributed by atoms with Crippen LogP contribution in [0.25, 0.3) is 5.70 Å². The summed E-state index contributed by atoms with van der Waals surface area (Å²) < 4.78 is 11.4. The van der Waals surface area contributed by atoms with E-state index < -0.39 is 42.1 Å². The molecule has 0 saturated heterocycles. The zero-order valence-electron chi connectivity index (χ0n) is 27.7. The van der Waals surface area contributed by atoms with Gasteiger partial charge >= 0.3 is 5.97 Å². The average molecular weight is 642 g/mol. The number of benzene rings is 3. The van der Waals surface area contributed by atoms with E-state index in [9.17, 15) is 24.3 Å². The molecular weight excluding hydrogens is 598 g/mol. The van der Waals surface area contributed by atoms with Crippen LogP contribution in [0.2, 0.25) is 0 Å². The maximum absolute atomic E-state index is 14.6. The molecule has 0 saturated carbocycles.